The van der Waals surface area contributed by atoms with Gasteiger partial charge in [-0.2, -0.15) is 0 Å². The van der Waals surface area contributed by atoms with E-state index in [9.17, 15) is 0 Å². The molecule has 0 rings (SSSR count). The van der Waals surface area contributed by atoms with Crippen LogP contribution >= 0.6 is 6.72 Å². The van der Waals surface area contributed by atoms with Gasteiger partial charge in [-0.05, 0) is 11.8 Å². The molecule has 0 aliphatic rings. The Labute approximate surface area is 51.0 Å². The van der Waals surface area contributed by atoms with Gasteiger partial charge in [0.1, 0.15) is 0 Å². The molecule has 0 aliphatic carbocycles. The van der Waals surface area contributed by atoms with Crippen LogP contribution in [0, 0.1) is 0 Å². The van der Waals surface area contributed by atoms with Gasteiger partial charge >= 0.3 is 6.72 Å². The van der Waals surface area contributed by atoms with E-state index in [0.717, 1.165) is 0 Å². The third-order valence-electron chi connectivity index (χ3n) is 0. The van der Waals surface area contributed by atoms with Crippen molar-refractivity contribution < 1.29 is 32.0 Å². The predicted molar refractivity (Wildman–Crippen MR) is 20.9 cm³/mol. The Hall–Kier alpha value is 1.06. The monoisotopic (exact) mass is 166 g/mol. The van der Waals surface area contributed by atoms with E-state index in [1.165, 1.54) is 0 Å². The normalized spacial score (nSPS) is 9.83. The van der Waals surface area contributed by atoms with Crippen molar-refractivity contribution in [3.8, 4) is 0 Å². The molecule has 3 nitrogen and oxygen atoms in total. The van der Waals surface area contributed by atoms with E-state index < -0.39 is 6.72 Å². The van der Waals surface area contributed by atoms with E-state index in [4.69, 9.17) is 14.7 Å². The summed E-state index contributed by atoms with van der Waals surface area (Å²) in [4.78, 5) is 22.7. The number of hydrogen-bond donors (Lipinski definition) is 3. The Balaban J connectivity index is 0. The molecule has 0 unspecified atom stereocenters. The summed E-state index contributed by atoms with van der Waals surface area (Å²) in [5.41, 5.74) is 0. The van der Waals surface area contributed by atoms with Crippen LogP contribution in [0.4, 0.5) is 0 Å². The van der Waals surface area contributed by atoms with Crippen molar-refractivity contribution in [1.82, 2.24) is 0 Å². The Bertz CT molecular complexity index is 56.9. The average Bonchev–Trinajstić information content (AvgIpc) is 0.722. The summed E-state index contributed by atoms with van der Waals surface area (Å²) < 4.78 is 0. The smallest absolute Gasteiger partial charge is 0.319 e. The molecule has 0 spiro atoms. The first kappa shape index (κ1) is 10.1. The molecule has 0 amide bonds. The molecule has 0 atom stereocenters. The van der Waals surface area contributed by atoms with Crippen molar-refractivity contribution in [3.05, 3.63) is 0 Å². The molecule has 0 bridgehead atoms. The zero-order valence-electron chi connectivity index (χ0n) is 2.61. The molecular weight excluding hydrogens is 163 g/mol. The van der Waals surface area contributed by atoms with Crippen molar-refractivity contribution in [2.75, 3.05) is 0 Å². The Morgan fingerprint density at radius 1 is 1.17 bits per heavy atom. The third kappa shape index (κ3) is 74.0. The predicted octanol–water partition coefficient (Wildman–Crippen LogP) is -0.815. The zero-order valence-corrected chi connectivity index (χ0v) is 5.59. The molecule has 6 heteroatoms. The van der Waals surface area contributed by atoms with Crippen molar-refractivity contribution in [2.24, 2.45) is 0 Å². The second-order valence-corrected chi connectivity index (χ2v) is 3.01. The van der Waals surface area contributed by atoms with Crippen LogP contribution in [0.15, 0.2) is 0 Å². The van der Waals surface area contributed by atoms with Crippen molar-refractivity contribution in [3.63, 3.8) is 0 Å². The quantitative estimate of drug-likeness (QED) is 0.412. The molecule has 0 saturated carbocycles. The van der Waals surface area contributed by atoms with Gasteiger partial charge in [0.05, 0.1) is 0 Å². The molecule has 0 saturated heterocycles. The van der Waals surface area contributed by atoms with Crippen molar-refractivity contribution in [2.45, 2.75) is 0 Å². The summed E-state index contributed by atoms with van der Waals surface area (Å²) in [6, 6.07) is 0. The van der Waals surface area contributed by atoms with E-state index in [1.54, 1.807) is 0 Å². The second-order valence-electron chi connectivity index (χ2n) is 0.513. The summed E-state index contributed by atoms with van der Waals surface area (Å²) in [5.74, 6) is 0. The molecule has 0 aromatic rings. The van der Waals surface area contributed by atoms with Crippen LogP contribution in [0.3, 0.4) is 0 Å². The maximum atomic E-state index is 7.56. The minimum Gasteiger partial charge on any atom is -0.325 e. The molecule has 6 heavy (non-hydrogen) atoms. The SMILES string of the molecule is OP(O)(O)=S.[Cr]. The standard InChI is InChI=1S/Cr.H3O3PS/c;1-4(2,3)5/h;(H3,1,2,3,5). The Kier molecular flexibility index (Phi) is 5.26. The average molecular weight is 166 g/mol. The molecular formula is H3CrO3PS. The topological polar surface area (TPSA) is 60.7 Å². The van der Waals surface area contributed by atoms with E-state index in [1.807, 2.05) is 0 Å². The van der Waals surface area contributed by atoms with Gasteiger partial charge in [-0.25, -0.2) is 0 Å². The third-order valence-corrected chi connectivity index (χ3v) is 0. The van der Waals surface area contributed by atoms with Gasteiger partial charge in [0.2, 0.25) is 0 Å². The minimum absolute atomic E-state index is 0. The number of rotatable bonds is 0. The summed E-state index contributed by atoms with van der Waals surface area (Å²) in [5, 5.41) is 0. The van der Waals surface area contributed by atoms with Crippen molar-refractivity contribution in [1.29, 1.82) is 0 Å². The summed E-state index contributed by atoms with van der Waals surface area (Å²) in [6.45, 7) is -3.81. The molecule has 0 aliphatic heterocycles. The van der Waals surface area contributed by atoms with E-state index in [0.29, 0.717) is 0 Å². The first-order chi connectivity index (χ1) is 2.00. The summed E-state index contributed by atoms with van der Waals surface area (Å²) in [7, 11) is 0. The van der Waals surface area contributed by atoms with Gasteiger partial charge < -0.3 is 14.7 Å². The van der Waals surface area contributed by atoms with Crippen LogP contribution in [0.25, 0.3) is 0 Å². The Morgan fingerprint density at radius 2 is 1.17 bits per heavy atom. The summed E-state index contributed by atoms with van der Waals surface area (Å²) >= 11 is 3.60. The molecule has 0 heterocycles. The maximum absolute atomic E-state index is 7.56. The first-order valence-electron chi connectivity index (χ1n) is 0.783. The van der Waals surface area contributed by atoms with Gasteiger partial charge in [-0.1, -0.05) is 0 Å². The van der Waals surface area contributed by atoms with Gasteiger partial charge in [0, 0.05) is 17.4 Å². The molecule has 3 N–H and O–H groups in total. The van der Waals surface area contributed by atoms with Crippen LogP contribution in [0.2, 0.25) is 0 Å². The van der Waals surface area contributed by atoms with Crippen molar-refractivity contribution >= 4 is 18.5 Å². The molecule has 38 valence electrons. The first-order valence-corrected chi connectivity index (χ1v) is 3.44. The molecule has 0 fully saturated rings. The van der Waals surface area contributed by atoms with E-state index in [2.05, 4.69) is 11.8 Å². The van der Waals surface area contributed by atoms with Gasteiger partial charge in [-0.3, -0.25) is 0 Å². The van der Waals surface area contributed by atoms with Gasteiger partial charge in [0.15, 0.2) is 0 Å². The van der Waals surface area contributed by atoms with Gasteiger partial charge in [-0.15, -0.1) is 0 Å². The number of hydrogen-bond acceptors (Lipinski definition) is 1. The van der Waals surface area contributed by atoms with E-state index in [-0.39, 0.29) is 17.4 Å². The fraction of sp³-hybridized carbons (Fsp3) is 0. The zero-order chi connectivity index (χ0) is 4.50. The Morgan fingerprint density at radius 3 is 1.17 bits per heavy atom. The largest absolute Gasteiger partial charge is 0.325 e. The van der Waals surface area contributed by atoms with Gasteiger partial charge in [0.25, 0.3) is 0 Å². The van der Waals surface area contributed by atoms with Crippen LogP contribution in [0.5, 0.6) is 0 Å². The second kappa shape index (κ2) is 3.12. The summed E-state index contributed by atoms with van der Waals surface area (Å²) in [6.07, 6.45) is 0. The maximum Gasteiger partial charge on any atom is 0.319 e. The van der Waals surface area contributed by atoms with Crippen LogP contribution < -0.4 is 0 Å². The molecule has 0 aromatic carbocycles. The van der Waals surface area contributed by atoms with Crippen LogP contribution in [0.1, 0.15) is 0 Å². The fourth-order valence-corrected chi connectivity index (χ4v) is 0. The fourth-order valence-electron chi connectivity index (χ4n) is 0. The minimum atomic E-state index is -3.81. The van der Waals surface area contributed by atoms with Crippen LogP contribution in [-0.4, -0.2) is 14.7 Å². The molecule has 0 radical (unpaired) electrons. The van der Waals surface area contributed by atoms with Crippen LogP contribution in [-0.2, 0) is 29.2 Å². The van der Waals surface area contributed by atoms with E-state index >= 15 is 0 Å². The molecule has 0 aromatic heterocycles.